The maximum absolute atomic E-state index is 13.9. The Hall–Kier alpha value is -2.50. The van der Waals surface area contributed by atoms with Crippen molar-refractivity contribution in [2.75, 3.05) is 5.32 Å². The Kier molecular flexibility index (Phi) is 3.93. The highest BCUT2D eigenvalue weighted by molar-refractivity contribution is 5.52. The van der Waals surface area contributed by atoms with Gasteiger partial charge in [-0.1, -0.05) is 24.3 Å². The van der Waals surface area contributed by atoms with E-state index in [0.717, 1.165) is 6.07 Å². The van der Waals surface area contributed by atoms with Gasteiger partial charge < -0.3 is 5.32 Å². The van der Waals surface area contributed by atoms with E-state index >= 15 is 0 Å². The molecule has 0 bridgehead atoms. The lowest BCUT2D eigenvalue weighted by Crippen LogP contribution is -2.06. The zero-order valence-corrected chi connectivity index (χ0v) is 10.7. The molecule has 20 heavy (non-hydrogen) atoms. The standard InChI is InChI=1S/C14H12F2N2O2/c1-9-4-2-6-11(15)14(9)17-8-10-5-3-7-12(13(10)16)18(19)20/h2-7,17H,8H2,1H3. The topological polar surface area (TPSA) is 55.2 Å². The summed E-state index contributed by atoms with van der Waals surface area (Å²) in [5.41, 5.74) is 0.464. The van der Waals surface area contributed by atoms with E-state index in [2.05, 4.69) is 5.32 Å². The van der Waals surface area contributed by atoms with Crippen molar-refractivity contribution in [1.29, 1.82) is 0 Å². The average molecular weight is 278 g/mol. The van der Waals surface area contributed by atoms with Crippen molar-refractivity contribution in [2.45, 2.75) is 13.5 Å². The van der Waals surface area contributed by atoms with Crippen LogP contribution in [0.3, 0.4) is 0 Å². The van der Waals surface area contributed by atoms with Gasteiger partial charge in [0.1, 0.15) is 5.82 Å². The fourth-order valence-corrected chi connectivity index (χ4v) is 1.88. The molecular formula is C14H12F2N2O2. The van der Waals surface area contributed by atoms with Crippen molar-refractivity contribution in [2.24, 2.45) is 0 Å². The van der Waals surface area contributed by atoms with E-state index in [9.17, 15) is 18.9 Å². The number of nitro groups is 1. The van der Waals surface area contributed by atoms with Crippen molar-refractivity contribution >= 4 is 11.4 Å². The number of nitrogens with zero attached hydrogens (tertiary/aromatic N) is 1. The van der Waals surface area contributed by atoms with Gasteiger partial charge in [-0.3, -0.25) is 10.1 Å². The molecule has 0 heterocycles. The van der Waals surface area contributed by atoms with Crippen LogP contribution in [0.2, 0.25) is 0 Å². The maximum atomic E-state index is 13.9. The van der Waals surface area contributed by atoms with Crippen molar-refractivity contribution in [1.82, 2.24) is 0 Å². The number of anilines is 1. The second kappa shape index (κ2) is 5.64. The van der Waals surface area contributed by atoms with Crippen LogP contribution in [0.15, 0.2) is 36.4 Å². The lowest BCUT2D eigenvalue weighted by atomic mass is 10.1. The molecule has 0 aromatic heterocycles. The van der Waals surface area contributed by atoms with Crippen molar-refractivity contribution in [3.8, 4) is 0 Å². The molecule has 2 aromatic carbocycles. The summed E-state index contributed by atoms with van der Waals surface area (Å²) in [4.78, 5) is 9.86. The van der Waals surface area contributed by atoms with E-state index in [0.29, 0.717) is 5.56 Å². The third kappa shape index (κ3) is 2.74. The largest absolute Gasteiger partial charge is 0.378 e. The van der Waals surface area contributed by atoms with Crippen molar-refractivity contribution in [3.63, 3.8) is 0 Å². The molecule has 0 saturated carbocycles. The van der Waals surface area contributed by atoms with Gasteiger partial charge in [0.25, 0.3) is 0 Å². The van der Waals surface area contributed by atoms with Crippen LogP contribution in [0.5, 0.6) is 0 Å². The molecule has 0 saturated heterocycles. The number of benzene rings is 2. The van der Waals surface area contributed by atoms with Gasteiger partial charge in [0.05, 0.1) is 10.6 Å². The molecule has 0 unspecified atom stereocenters. The first-order valence-electron chi connectivity index (χ1n) is 5.91. The Morgan fingerprint density at radius 2 is 1.90 bits per heavy atom. The summed E-state index contributed by atoms with van der Waals surface area (Å²) in [5.74, 6) is -1.35. The van der Waals surface area contributed by atoms with Crippen LogP contribution >= 0.6 is 0 Å². The minimum atomic E-state index is -0.904. The van der Waals surface area contributed by atoms with Crippen molar-refractivity contribution in [3.05, 3.63) is 69.3 Å². The summed E-state index contributed by atoms with van der Waals surface area (Å²) in [6.07, 6.45) is 0. The van der Waals surface area contributed by atoms with Gasteiger partial charge in [0.15, 0.2) is 0 Å². The average Bonchev–Trinajstić information content (AvgIpc) is 2.39. The number of para-hydroxylation sites is 1. The van der Waals surface area contributed by atoms with Crippen LogP contribution in [0.1, 0.15) is 11.1 Å². The fourth-order valence-electron chi connectivity index (χ4n) is 1.88. The molecule has 6 heteroatoms. The number of hydrogen-bond acceptors (Lipinski definition) is 3. The van der Waals surface area contributed by atoms with E-state index in [1.54, 1.807) is 19.1 Å². The molecule has 0 spiro atoms. The highest BCUT2D eigenvalue weighted by Crippen LogP contribution is 2.23. The molecule has 0 fully saturated rings. The molecule has 104 valence electrons. The molecule has 0 radical (unpaired) electrons. The third-order valence-electron chi connectivity index (χ3n) is 2.93. The molecule has 1 N–H and O–H groups in total. The smallest absolute Gasteiger partial charge is 0.305 e. The monoisotopic (exact) mass is 278 g/mol. The molecule has 2 aromatic rings. The van der Waals surface area contributed by atoms with Crippen LogP contribution < -0.4 is 5.32 Å². The van der Waals surface area contributed by atoms with E-state index in [-0.39, 0.29) is 17.8 Å². The Morgan fingerprint density at radius 3 is 2.55 bits per heavy atom. The minimum absolute atomic E-state index is 0.0325. The number of hydrogen-bond donors (Lipinski definition) is 1. The van der Waals surface area contributed by atoms with E-state index in [4.69, 9.17) is 0 Å². The zero-order valence-electron chi connectivity index (χ0n) is 10.7. The van der Waals surface area contributed by atoms with Gasteiger partial charge in [-0.2, -0.15) is 4.39 Å². The third-order valence-corrected chi connectivity index (χ3v) is 2.93. The van der Waals surface area contributed by atoms with E-state index in [1.165, 1.54) is 18.2 Å². The lowest BCUT2D eigenvalue weighted by Gasteiger charge is -2.11. The summed E-state index contributed by atoms with van der Waals surface area (Å²) in [6.45, 7) is 1.69. The fraction of sp³-hybridized carbons (Fsp3) is 0.143. The first kappa shape index (κ1) is 13.9. The first-order chi connectivity index (χ1) is 9.50. The van der Waals surface area contributed by atoms with Crippen LogP contribution in [0.25, 0.3) is 0 Å². The zero-order chi connectivity index (χ0) is 14.7. The van der Waals surface area contributed by atoms with Gasteiger partial charge in [0.2, 0.25) is 5.82 Å². The summed E-state index contributed by atoms with van der Waals surface area (Å²) in [6, 6.07) is 8.49. The number of rotatable bonds is 4. The van der Waals surface area contributed by atoms with E-state index in [1.807, 2.05) is 0 Å². The highest BCUT2D eigenvalue weighted by Gasteiger charge is 2.17. The molecule has 0 amide bonds. The first-order valence-corrected chi connectivity index (χ1v) is 5.91. The van der Waals surface area contributed by atoms with Crippen LogP contribution in [-0.4, -0.2) is 4.92 Å². The van der Waals surface area contributed by atoms with Gasteiger partial charge in [-0.25, -0.2) is 4.39 Å². The lowest BCUT2D eigenvalue weighted by molar-refractivity contribution is -0.387. The highest BCUT2D eigenvalue weighted by atomic mass is 19.1. The van der Waals surface area contributed by atoms with Crippen molar-refractivity contribution < 1.29 is 13.7 Å². The molecule has 0 aliphatic heterocycles. The second-order valence-corrected chi connectivity index (χ2v) is 4.29. The summed E-state index contributed by atoms with van der Waals surface area (Å²) in [7, 11) is 0. The predicted molar refractivity (Wildman–Crippen MR) is 71.5 cm³/mol. The number of nitro benzene ring substituents is 1. The Balaban J connectivity index is 2.24. The minimum Gasteiger partial charge on any atom is -0.378 e. The van der Waals surface area contributed by atoms with Gasteiger partial charge in [0, 0.05) is 18.2 Å². The molecule has 4 nitrogen and oxygen atoms in total. The summed E-state index contributed by atoms with van der Waals surface area (Å²) >= 11 is 0. The number of halogens is 2. The molecular weight excluding hydrogens is 266 g/mol. The Morgan fingerprint density at radius 1 is 1.20 bits per heavy atom. The SMILES string of the molecule is Cc1cccc(F)c1NCc1cccc([N+](=O)[O-])c1F. The van der Waals surface area contributed by atoms with Gasteiger partial charge in [-0.05, 0) is 18.6 Å². The quantitative estimate of drug-likeness (QED) is 0.683. The van der Waals surface area contributed by atoms with Gasteiger partial charge in [-0.15, -0.1) is 0 Å². The van der Waals surface area contributed by atoms with Gasteiger partial charge >= 0.3 is 5.69 Å². The molecule has 2 rings (SSSR count). The molecule has 0 aliphatic carbocycles. The predicted octanol–water partition coefficient (Wildman–Crippen LogP) is 3.79. The maximum Gasteiger partial charge on any atom is 0.305 e. The summed E-state index contributed by atoms with van der Waals surface area (Å²) < 4.78 is 27.4. The van der Waals surface area contributed by atoms with Crippen LogP contribution in [-0.2, 0) is 6.54 Å². The number of aryl methyl sites for hydroxylation is 1. The van der Waals surface area contributed by atoms with Crippen LogP contribution in [0, 0.1) is 28.7 Å². The van der Waals surface area contributed by atoms with E-state index < -0.39 is 22.2 Å². The molecule has 0 aliphatic rings. The summed E-state index contributed by atoms with van der Waals surface area (Å²) in [5, 5.41) is 13.4. The second-order valence-electron chi connectivity index (χ2n) is 4.29. The Labute approximate surface area is 114 Å². The normalized spacial score (nSPS) is 10.3. The number of nitrogens with one attached hydrogen (secondary N) is 1. The van der Waals surface area contributed by atoms with Crippen LogP contribution in [0.4, 0.5) is 20.2 Å². The Bertz CT molecular complexity index is 639. The molecule has 0 atom stereocenters.